The van der Waals surface area contributed by atoms with Crippen LogP contribution in [0.4, 0.5) is 13.2 Å². The van der Waals surface area contributed by atoms with E-state index in [0.717, 1.165) is 12.1 Å². The highest BCUT2D eigenvalue weighted by Gasteiger charge is 2.22. The summed E-state index contributed by atoms with van der Waals surface area (Å²) >= 11 is 0. The van der Waals surface area contributed by atoms with Gasteiger partial charge in [0.2, 0.25) is 0 Å². The molecule has 3 aromatic rings. The number of benzene rings is 2. The first-order valence-corrected chi connectivity index (χ1v) is 10.5. The van der Waals surface area contributed by atoms with Crippen LogP contribution in [0.5, 0.6) is 5.75 Å². The number of nitrogens with one attached hydrogen (secondary N) is 1. The van der Waals surface area contributed by atoms with Crippen molar-refractivity contribution in [3.8, 4) is 17.6 Å². The van der Waals surface area contributed by atoms with Gasteiger partial charge in [-0.25, -0.2) is 18.2 Å². The number of aromatic nitrogens is 1. The standard InChI is InChI=1S/C26H24F3N3O2/c1-17-14-18(4-3-12-32(2)13-11-27)15-23(30-17)26(34)31-25(19-5-7-20(28)8-6-19)22-16-21(29)9-10-24(22)33/h5-10,14-16,25,33H,11-13H2,1-2H3,(H,31,34). The second-order valence-electron chi connectivity index (χ2n) is 7.77. The molecule has 2 aromatic carbocycles. The number of phenols is 1. The van der Waals surface area contributed by atoms with Crippen LogP contribution < -0.4 is 5.32 Å². The van der Waals surface area contributed by atoms with Crippen molar-refractivity contribution in [1.82, 2.24) is 15.2 Å². The third-order valence-electron chi connectivity index (χ3n) is 5.01. The van der Waals surface area contributed by atoms with E-state index in [1.807, 2.05) is 0 Å². The van der Waals surface area contributed by atoms with Gasteiger partial charge >= 0.3 is 0 Å². The summed E-state index contributed by atoms with van der Waals surface area (Å²) in [5.41, 5.74) is 1.74. The molecule has 2 N–H and O–H groups in total. The Morgan fingerprint density at radius 1 is 1.12 bits per heavy atom. The number of hydrogen-bond donors (Lipinski definition) is 2. The van der Waals surface area contributed by atoms with Crippen LogP contribution in [0.15, 0.2) is 54.6 Å². The van der Waals surface area contributed by atoms with Gasteiger partial charge in [-0.05, 0) is 62.0 Å². The molecule has 1 aromatic heterocycles. The summed E-state index contributed by atoms with van der Waals surface area (Å²) < 4.78 is 39.8. The number of carbonyl (C=O) groups is 1. The van der Waals surface area contributed by atoms with E-state index >= 15 is 0 Å². The lowest BCUT2D eigenvalue weighted by Crippen LogP contribution is -2.30. The van der Waals surface area contributed by atoms with E-state index in [2.05, 4.69) is 22.1 Å². The summed E-state index contributed by atoms with van der Waals surface area (Å²) in [7, 11) is 1.75. The summed E-state index contributed by atoms with van der Waals surface area (Å²) in [6.45, 7) is 1.88. The molecule has 0 aliphatic carbocycles. The number of alkyl halides is 1. The second-order valence-corrected chi connectivity index (χ2v) is 7.77. The quantitative estimate of drug-likeness (QED) is 0.513. The zero-order valence-electron chi connectivity index (χ0n) is 18.8. The fourth-order valence-electron chi connectivity index (χ4n) is 3.31. The summed E-state index contributed by atoms with van der Waals surface area (Å²) in [4.78, 5) is 19.1. The van der Waals surface area contributed by atoms with Gasteiger partial charge in [-0.2, -0.15) is 0 Å². The van der Waals surface area contributed by atoms with Gasteiger partial charge in [-0.15, -0.1) is 0 Å². The number of amides is 1. The highest BCUT2D eigenvalue weighted by atomic mass is 19.1. The summed E-state index contributed by atoms with van der Waals surface area (Å²) in [5.74, 6) is 3.99. The number of rotatable bonds is 7. The van der Waals surface area contributed by atoms with Crippen molar-refractivity contribution < 1.29 is 23.1 Å². The Morgan fingerprint density at radius 2 is 1.82 bits per heavy atom. The Hall–Kier alpha value is -3.83. The van der Waals surface area contributed by atoms with Gasteiger partial charge in [-0.3, -0.25) is 9.69 Å². The number of hydrogen-bond acceptors (Lipinski definition) is 4. The van der Waals surface area contributed by atoms with Crippen molar-refractivity contribution in [2.75, 3.05) is 26.8 Å². The van der Waals surface area contributed by atoms with E-state index in [1.165, 1.54) is 36.4 Å². The largest absolute Gasteiger partial charge is 0.508 e. The first-order chi connectivity index (χ1) is 16.3. The Labute approximate surface area is 196 Å². The molecule has 0 saturated carbocycles. The molecule has 176 valence electrons. The molecule has 0 aliphatic heterocycles. The minimum atomic E-state index is -0.963. The molecule has 5 nitrogen and oxygen atoms in total. The monoisotopic (exact) mass is 467 g/mol. The predicted molar refractivity (Wildman–Crippen MR) is 123 cm³/mol. The minimum Gasteiger partial charge on any atom is -0.508 e. The highest BCUT2D eigenvalue weighted by Crippen LogP contribution is 2.30. The maximum Gasteiger partial charge on any atom is 0.270 e. The third-order valence-corrected chi connectivity index (χ3v) is 5.01. The average molecular weight is 467 g/mol. The molecule has 8 heteroatoms. The van der Waals surface area contributed by atoms with E-state index in [9.17, 15) is 23.1 Å². The molecule has 0 radical (unpaired) electrons. The van der Waals surface area contributed by atoms with Crippen molar-refractivity contribution in [3.63, 3.8) is 0 Å². The topological polar surface area (TPSA) is 65.5 Å². The maximum absolute atomic E-state index is 13.9. The third kappa shape index (κ3) is 6.59. The van der Waals surface area contributed by atoms with Crippen molar-refractivity contribution >= 4 is 5.91 Å². The first kappa shape index (κ1) is 24.8. The van der Waals surface area contributed by atoms with Gasteiger partial charge in [-0.1, -0.05) is 24.0 Å². The SMILES string of the molecule is Cc1cc(C#CCN(C)CCF)cc(C(=O)NC(c2ccc(F)cc2)c2cc(F)ccc2O)n1. The van der Waals surface area contributed by atoms with Crippen LogP contribution in [0.2, 0.25) is 0 Å². The van der Waals surface area contributed by atoms with Crippen LogP contribution in [0.3, 0.4) is 0 Å². The number of aromatic hydroxyl groups is 1. The molecule has 1 unspecified atom stereocenters. The molecule has 0 saturated heterocycles. The van der Waals surface area contributed by atoms with Gasteiger partial charge in [0.25, 0.3) is 5.91 Å². The molecular formula is C26H24F3N3O2. The summed E-state index contributed by atoms with van der Waals surface area (Å²) in [6.07, 6.45) is 0. The number of carbonyl (C=O) groups excluding carboxylic acids is 1. The van der Waals surface area contributed by atoms with Crippen LogP contribution >= 0.6 is 0 Å². The minimum absolute atomic E-state index is 0.0735. The number of pyridine rings is 1. The molecule has 0 aliphatic rings. The maximum atomic E-state index is 13.9. The van der Waals surface area contributed by atoms with E-state index < -0.39 is 30.3 Å². The van der Waals surface area contributed by atoms with E-state index in [1.54, 1.807) is 24.9 Å². The Kier molecular flexibility index (Phi) is 8.28. The van der Waals surface area contributed by atoms with Gasteiger partial charge < -0.3 is 10.4 Å². The molecule has 1 amide bonds. The molecule has 0 spiro atoms. The molecule has 1 heterocycles. The number of phenolic OH excluding ortho intramolecular Hbond substituents is 1. The van der Waals surface area contributed by atoms with Gasteiger partial charge in [0.05, 0.1) is 12.6 Å². The van der Waals surface area contributed by atoms with Gasteiger partial charge in [0.15, 0.2) is 0 Å². The second kappa shape index (κ2) is 11.3. The number of aryl methyl sites for hydroxylation is 1. The van der Waals surface area contributed by atoms with Crippen molar-refractivity contribution in [3.05, 3.63) is 94.3 Å². The predicted octanol–water partition coefficient (Wildman–Crippen LogP) is 4.15. The average Bonchev–Trinajstić information content (AvgIpc) is 2.79. The van der Waals surface area contributed by atoms with Crippen LogP contribution in [0, 0.1) is 30.4 Å². The molecule has 0 bridgehead atoms. The van der Waals surface area contributed by atoms with E-state index in [0.29, 0.717) is 23.4 Å². The van der Waals surface area contributed by atoms with Crippen molar-refractivity contribution in [1.29, 1.82) is 0 Å². The zero-order chi connectivity index (χ0) is 24.7. The lowest BCUT2D eigenvalue weighted by atomic mass is 9.97. The Bertz CT molecular complexity index is 1220. The normalized spacial score (nSPS) is 11.6. The van der Waals surface area contributed by atoms with Crippen LogP contribution in [-0.2, 0) is 0 Å². The van der Waals surface area contributed by atoms with E-state index in [-0.39, 0.29) is 23.6 Å². The fourth-order valence-corrected chi connectivity index (χ4v) is 3.31. The summed E-state index contributed by atoms with van der Waals surface area (Å²) in [5, 5.41) is 13.1. The van der Waals surface area contributed by atoms with Crippen LogP contribution in [0.1, 0.15) is 38.9 Å². The van der Waals surface area contributed by atoms with Crippen molar-refractivity contribution in [2.45, 2.75) is 13.0 Å². The molecule has 0 fully saturated rings. The Morgan fingerprint density at radius 3 is 2.53 bits per heavy atom. The zero-order valence-corrected chi connectivity index (χ0v) is 18.8. The van der Waals surface area contributed by atoms with Crippen LogP contribution in [0.25, 0.3) is 0 Å². The van der Waals surface area contributed by atoms with Crippen LogP contribution in [-0.4, -0.2) is 47.7 Å². The number of nitrogens with zero attached hydrogens (tertiary/aromatic N) is 2. The Balaban J connectivity index is 1.91. The van der Waals surface area contributed by atoms with E-state index in [4.69, 9.17) is 0 Å². The lowest BCUT2D eigenvalue weighted by Gasteiger charge is -2.21. The molecule has 1 atom stereocenters. The lowest BCUT2D eigenvalue weighted by molar-refractivity contribution is 0.0937. The van der Waals surface area contributed by atoms with Crippen molar-refractivity contribution in [2.24, 2.45) is 0 Å². The van der Waals surface area contributed by atoms with Gasteiger partial charge in [0, 0.05) is 23.4 Å². The molecule has 34 heavy (non-hydrogen) atoms. The molecule has 3 rings (SSSR count). The smallest absolute Gasteiger partial charge is 0.270 e. The number of halogens is 3. The highest BCUT2D eigenvalue weighted by molar-refractivity contribution is 5.93. The fraction of sp³-hybridized carbons (Fsp3) is 0.231. The molecular weight excluding hydrogens is 443 g/mol. The summed E-state index contributed by atoms with van der Waals surface area (Å²) in [6, 6.07) is 11.0. The first-order valence-electron chi connectivity index (χ1n) is 10.5. The van der Waals surface area contributed by atoms with Gasteiger partial charge in [0.1, 0.15) is 29.8 Å².